The number of unbranched alkanes of at least 4 members (excludes halogenated alkanes) is 2. The molecule has 0 radical (unpaired) electrons. The molecule has 0 saturated heterocycles. The minimum absolute atomic E-state index is 0.330. The number of aromatic nitrogens is 2. The molecule has 0 aliphatic carbocycles. The molecule has 3 nitrogen and oxygen atoms in total. The quantitative estimate of drug-likeness (QED) is 0.705. The molecular formula is C11H18N2O. The molecule has 14 heavy (non-hydrogen) atoms. The summed E-state index contributed by atoms with van der Waals surface area (Å²) in [6.07, 6.45) is 12.9. The van der Waals surface area contributed by atoms with Crippen LogP contribution >= 0.6 is 0 Å². The lowest BCUT2D eigenvalue weighted by molar-refractivity contribution is 0.209. The van der Waals surface area contributed by atoms with Gasteiger partial charge in [0.2, 0.25) is 0 Å². The predicted octanol–water partition coefficient (Wildman–Crippen LogP) is 2.29. The van der Waals surface area contributed by atoms with Crippen LogP contribution < -0.4 is 0 Å². The first-order chi connectivity index (χ1) is 6.83. The van der Waals surface area contributed by atoms with Crippen molar-refractivity contribution in [2.24, 2.45) is 0 Å². The molecule has 0 amide bonds. The van der Waals surface area contributed by atoms with Crippen LogP contribution in [0.4, 0.5) is 0 Å². The van der Waals surface area contributed by atoms with Gasteiger partial charge in [-0.05, 0) is 12.5 Å². The second kappa shape index (κ2) is 6.38. The first kappa shape index (κ1) is 11.0. The highest BCUT2D eigenvalue weighted by molar-refractivity contribution is 5.22. The van der Waals surface area contributed by atoms with Gasteiger partial charge in [0.15, 0.2) is 0 Å². The average Bonchev–Trinajstić information content (AvgIpc) is 2.68. The zero-order chi connectivity index (χ0) is 10.2. The zero-order valence-corrected chi connectivity index (χ0v) is 8.63. The van der Waals surface area contributed by atoms with Crippen LogP contribution in [-0.4, -0.2) is 20.8 Å². The van der Waals surface area contributed by atoms with Gasteiger partial charge in [0, 0.05) is 18.6 Å². The van der Waals surface area contributed by atoms with Crippen molar-refractivity contribution >= 4 is 6.20 Å². The topological polar surface area (TPSA) is 38.0 Å². The predicted molar refractivity (Wildman–Crippen MR) is 57.7 cm³/mol. The van der Waals surface area contributed by atoms with E-state index >= 15 is 0 Å². The van der Waals surface area contributed by atoms with Gasteiger partial charge in [0.05, 0.1) is 12.4 Å². The van der Waals surface area contributed by atoms with Crippen molar-refractivity contribution < 1.29 is 5.11 Å². The Labute approximate surface area is 85.1 Å². The number of hydrogen-bond donors (Lipinski definition) is 1. The van der Waals surface area contributed by atoms with E-state index in [0.717, 1.165) is 12.8 Å². The summed E-state index contributed by atoms with van der Waals surface area (Å²) in [5.41, 5.74) is 0. The maximum Gasteiger partial charge on any atom is 0.0986 e. The first-order valence-electron chi connectivity index (χ1n) is 5.16. The molecule has 1 aromatic heterocycles. The van der Waals surface area contributed by atoms with Crippen molar-refractivity contribution in [2.45, 2.75) is 38.7 Å². The van der Waals surface area contributed by atoms with Gasteiger partial charge in [-0.15, -0.1) is 0 Å². The second-order valence-corrected chi connectivity index (χ2v) is 3.41. The van der Waals surface area contributed by atoms with Crippen LogP contribution in [0.1, 0.15) is 32.6 Å². The summed E-state index contributed by atoms with van der Waals surface area (Å²) in [6.45, 7) is 2.16. The zero-order valence-electron chi connectivity index (χ0n) is 8.63. The van der Waals surface area contributed by atoms with E-state index in [4.69, 9.17) is 0 Å². The monoisotopic (exact) mass is 194 g/mol. The van der Waals surface area contributed by atoms with Gasteiger partial charge >= 0.3 is 0 Å². The number of aliphatic hydroxyl groups is 1. The lowest BCUT2D eigenvalue weighted by Crippen LogP contribution is -2.01. The molecule has 0 spiro atoms. The van der Waals surface area contributed by atoms with Crippen LogP contribution in [0.3, 0.4) is 0 Å². The fraction of sp³-hybridized carbons (Fsp3) is 0.545. The molecule has 0 aromatic carbocycles. The molecule has 1 rings (SSSR count). The molecular weight excluding hydrogens is 176 g/mol. The Bertz CT molecular complexity index is 254. The van der Waals surface area contributed by atoms with Crippen molar-refractivity contribution in [3.05, 3.63) is 24.8 Å². The minimum Gasteiger partial charge on any atom is -0.389 e. The van der Waals surface area contributed by atoms with E-state index in [9.17, 15) is 5.11 Å². The Hall–Kier alpha value is -1.09. The molecule has 1 N–H and O–H groups in total. The Morgan fingerprint density at radius 1 is 1.50 bits per heavy atom. The molecule has 3 heteroatoms. The highest BCUT2D eigenvalue weighted by Crippen LogP contribution is 2.04. The highest BCUT2D eigenvalue weighted by Gasteiger charge is 1.97. The minimum atomic E-state index is -0.330. The van der Waals surface area contributed by atoms with E-state index in [1.165, 1.54) is 12.8 Å². The lowest BCUT2D eigenvalue weighted by atomic mass is 10.1. The van der Waals surface area contributed by atoms with Gasteiger partial charge in [0.1, 0.15) is 0 Å². The molecule has 78 valence electrons. The number of rotatable bonds is 6. The standard InChI is InChI=1S/C11H18N2O/c1-2-3-4-5-11(14)6-8-13-9-7-12-10-13/h6-11,14H,2-5H2,1H3/b8-6+. The van der Waals surface area contributed by atoms with Crippen molar-refractivity contribution in [3.63, 3.8) is 0 Å². The van der Waals surface area contributed by atoms with Gasteiger partial charge in [-0.2, -0.15) is 0 Å². The molecule has 0 saturated carbocycles. The number of imidazole rings is 1. The van der Waals surface area contributed by atoms with Gasteiger partial charge in [-0.1, -0.05) is 26.2 Å². The van der Waals surface area contributed by atoms with E-state index in [2.05, 4.69) is 11.9 Å². The van der Waals surface area contributed by atoms with Gasteiger partial charge in [-0.3, -0.25) is 0 Å². The van der Waals surface area contributed by atoms with E-state index in [-0.39, 0.29) is 6.10 Å². The third kappa shape index (κ3) is 4.23. The molecule has 0 aliphatic heterocycles. The molecule has 0 bridgehead atoms. The van der Waals surface area contributed by atoms with Crippen LogP contribution in [0.25, 0.3) is 6.20 Å². The smallest absolute Gasteiger partial charge is 0.0986 e. The number of hydrogen-bond acceptors (Lipinski definition) is 2. The van der Waals surface area contributed by atoms with Crippen LogP contribution in [0.5, 0.6) is 0 Å². The average molecular weight is 194 g/mol. The summed E-state index contributed by atoms with van der Waals surface area (Å²) >= 11 is 0. The van der Waals surface area contributed by atoms with E-state index in [1.807, 2.05) is 17.0 Å². The van der Waals surface area contributed by atoms with Crippen LogP contribution in [0.15, 0.2) is 24.8 Å². The highest BCUT2D eigenvalue weighted by atomic mass is 16.3. The summed E-state index contributed by atoms with van der Waals surface area (Å²) in [6, 6.07) is 0. The Kier molecular flexibility index (Phi) is 5.00. The maximum atomic E-state index is 9.55. The fourth-order valence-electron chi connectivity index (χ4n) is 1.26. The van der Waals surface area contributed by atoms with Gasteiger partial charge in [-0.25, -0.2) is 4.98 Å². The fourth-order valence-corrected chi connectivity index (χ4v) is 1.26. The largest absolute Gasteiger partial charge is 0.389 e. The van der Waals surface area contributed by atoms with Crippen molar-refractivity contribution in [2.75, 3.05) is 0 Å². The molecule has 1 atom stereocenters. The van der Waals surface area contributed by atoms with Crippen LogP contribution in [0, 0.1) is 0 Å². The molecule has 0 aliphatic rings. The van der Waals surface area contributed by atoms with E-state index in [1.54, 1.807) is 18.6 Å². The summed E-state index contributed by atoms with van der Waals surface area (Å²) in [7, 11) is 0. The third-order valence-electron chi connectivity index (χ3n) is 2.11. The molecule has 0 fully saturated rings. The van der Waals surface area contributed by atoms with Gasteiger partial charge in [0.25, 0.3) is 0 Å². The lowest BCUT2D eigenvalue weighted by Gasteiger charge is -2.03. The Morgan fingerprint density at radius 2 is 2.36 bits per heavy atom. The normalized spacial score (nSPS) is 13.6. The van der Waals surface area contributed by atoms with E-state index in [0.29, 0.717) is 0 Å². The third-order valence-corrected chi connectivity index (χ3v) is 2.11. The van der Waals surface area contributed by atoms with Crippen molar-refractivity contribution in [3.8, 4) is 0 Å². The SMILES string of the molecule is CCCCCC(O)/C=C/n1ccnc1. The van der Waals surface area contributed by atoms with Gasteiger partial charge < -0.3 is 9.67 Å². The summed E-state index contributed by atoms with van der Waals surface area (Å²) in [5, 5.41) is 9.55. The molecule has 1 heterocycles. The Morgan fingerprint density at radius 3 is 3.00 bits per heavy atom. The van der Waals surface area contributed by atoms with Crippen molar-refractivity contribution in [1.82, 2.24) is 9.55 Å². The Balaban J connectivity index is 2.22. The first-order valence-corrected chi connectivity index (χ1v) is 5.16. The van der Waals surface area contributed by atoms with Crippen LogP contribution in [0.2, 0.25) is 0 Å². The maximum absolute atomic E-state index is 9.55. The summed E-state index contributed by atoms with van der Waals surface area (Å²) < 4.78 is 1.82. The number of nitrogens with zero attached hydrogens (tertiary/aromatic N) is 2. The number of aliphatic hydroxyl groups excluding tert-OH is 1. The summed E-state index contributed by atoms with van der Waals surface area (Å²) in [5.74, 6) is 0. The summed E-state index contributed by atoms with van der Waals surface area (Å²) in [4.78, 5) is 3.91. The second-order valence-electron chi connectivity index (χ2n) is 3.41. The van der Waals surface area contributed by atoms with Crippen molar-refractivity contribution in [1.29, 1.82) is 0 Å². The van der Waals surface area contributed by atoms with Crippen LogP contribution in [-0.2, 0) is 0 Å². The van der Waals surface area contributed by atoms with E-state index < -0.39 is 0 Å². The molecule has 1 unspecified atom stereocenters. The molecule has 1 aromatic rings.